The Morgan fingerprint density at radius 2 is 1.64 bits per heavy atom. The van der Waals surface area contributed by atoms with Crippen LogP contribution in [0.5, 0.6) is 0 Å². The molecule has 1 fully saturated rings. The smallest absolute Gasteiger partial charge is 0.272 e. The van der Waals surface area contributed by atoms with E-state index in [2.05, 4.69) is 20.9 Å². The molecule has 5 nitrogen and oxygen atoms in total. The van der Waals surface area contributed by atoms with E-state index in [9.17, 15) is 9.59 Å². The number of pyridine rings is 1. The van der Waals surface area contributed by atoms with Crippen molar-refractivity contribution >= 4 is 39.3 Å². The van der Waals surface area contributed by atoms with E-state index in [4.69, 9.17) is 11.6 Å². The second-order valence-corrected chi connectivity index (χ2v) is 7.10. The van der Waals surface area contributed by atoms with Crippen LogP contribution in [0, 0.1) is 0 Å². The molecular formula is C18H17BrClN3O2. The summed E-state index contributed by atoms with van der Waals surface area (Å²) in [4.78, 5) is 32.9. The number of halogens is 2. The van der Waals surface area contributed by atoms with Crippen LogP contribution >= 0.6 is 27.5 Å². The van der Waals surface area contributed by atoms with E-state index >= 15 is 0 Å². The van der Waals surface area contributed by atoms with Crippen molar-refractivity contribution in [3.05, 3.63) is 63.3 Å². The van der Waals surface area contributed by atoms with E-state index < -0.39 is 0 Å². The third kappa shape index (κ3) is 4.19. The summed E-state index contributed by atoms with van der Waals surface area (Å²) in [5, 5.41) is 0.448. The van der Waals surface area contributed by atoms with Gasteiger partial charge in [0.05, 0.1) is 10.6 Å². The van der Waals surface area contributed by atoms with Crippen LogP contribution in [-0.2, 0) is 0 Å². The molecule has 0 radical (unpaired) electrons. The summed E-state index contributed by atoms with van der Waals surface area (Å²) in [7, 11) is 0. The predicted molar refractivity (Wildman–Crippen MR) is 99.8 cm³/mol. The van der Waals surface area contributed by atoms with Gasteiger partial charge in [-0.15, -0.1) is 0 Å². The van der Waals surface area contributed by atoms with Gasteiger partial charge in [0.1, 0.15) is 5.69 Å². The van der Waals surface area contributed by atoms with E-state index in [1.807, 2.05) is 0 Å². The molecule has 2 heterocycles. The van der Waals surface area contributed by atoms with Crippen molar-refractivity contribution in [1.29, 1.82) is 0 Å². The number of carbonyl (C=O) groups is 2. The fourth-order valence-corrected chi connectivity index (χ4v) is 3.24. The maximum absolute atomic E-state index is 12.7. The molecule has 1 saturated heterocycles. The van der Waals surface area contributed by atoms with Crippen LogP contribution < -0.4 is 0 Å². The molecule has 0 aliphatic carbocycles. The minimum absolute atomic E-state index is 0.0957. The van der Waals surface area contributed by atoms with E-state index in [1.165, 1.54) is 0 Å². The van der Waals surface area contributed by atoms with Gasteiger partial charge in [0.15, 0.2) is 0 Å². The van der Waals surface area contributed by atoms with Crippen molar-refractivity contribution in [3.63, 3.8) is 0 Å². The van der Waals surface area contributed by atoms with Crippen LogP contribution in [0.15, 0.2) is 47.1 Å². The van der Waals surface area contributed by atoms with Gasteiger partial charge in [0.25, 0.3) is 11.8 Å². The normalized spacial score (nSPS) is 15.0. The fourth-order valence-electron chi connectivity index (χ4n) is 2.79. The quantitative estimate of drug-likeness (QED) is 0.744. The summed E-state index contributed by atoms with van der Waals surface area (Å²) in [6, 6.07) is 10.5. The van der Waals surface area contributed by atoms with Gasteiger partial charge in [-0.2, -0.15) is 0 Å². The third-order valence-electron chi connectivity index (χ3n) is 4.12. The molecule has 0 bridgehead atoms. The summed E-state index contributed by atoms with van der Waals surface area (Å²) >= 11 is 9.44. The topological polar surface area (TPSA) is 53.5 Å². The van der Waals surface area contributed by atoms with Crippen molar-refractivity contribution in [2.24, 2.45) is 0 Å². The van der Waals surface area contributed by atoms with Gasteiger partial charge >= 0.3 is 0 Å². The van der Waals surface area contributed by atoms with Crippen molar-refractivity contribution in [1.82, 2.24) is 14.8 Å². The molecule has 1 aromatic carbocycles. The Balaban J connectivity index is 1.68. The summed E-state index contributed by atoms with van der Waals surface area (Å²) in [6.07, 6.45) is 2.33. The average molecular weight is 423 g/mol. The Morgan fingerprint density at radius 3 is 2.28 bits per heavy atom. The fraction of sp³-hybridized carbons (Fsp3) is 0.278. The van der Waals surface area contributed by atoms with Crippen molar-refractivity contribution in [2.45, 2.75) is 6.42 Å². The monoisotopic (exact) mass is 421 g/mol. The van der Waals surface area contributed by atoms with Crippen LogP contribution in [0.25, 0.3) is 0 Å². The number of rotatable bonds is 2. The largest absolute Gasteiger partial charge is 0.337 e. The molecular weight excluding hydrogens is 406 g/mol. The lowest BCUT2D eigenvalue weighted by Gasteiger charge is -2.22. The van der Waals surface area contributed by atoms with Gasteiger partial charge in [0, 0.05) is 36.8 Å². The lowest BCUT2D eigenvalue weighted by molar-refractivity contribution is 0.0716. The average Bonchev–Trinajstić information content (AvgIpc) is 2.88. The zero-order chi connectivity index (χ0) is 17.8. The molecule has 0 atom stereocenters. The molecule has 0 saturated carbocycles. The number of hydrogen-bond donors (Lipinski definition) is 0. The molecule has 2 aromatic rings. The highest BCUT2D eigenvalue weighted by molar-refractivity contribution is 9.10. The summed E-state index contributed by atoms with van der Waals surface area (Å²) in [5.41, 5.74) is 0.910. The number of amides is 2. The molecule has 25 heavy (non-hydrogen) atoms. The SMILES string of the molecule is O=C(c1ccc(Br)cn1)N1CCCN(C(=O)c2ccccc2Cl)CC1. The molecule has 1 aliphatic heterocycles. The molecule has 1 aliphatic rings. The van der Waals surface area contributed by atoms with Gasteiger partial charge in [-0.1, -0.05) is 23.7 Å². The Bertz CT molecular complexity index is 782. The Morgan fingerprint density at radius 1 is 0.960 bits per heavy atom. The Kier molecular flexibility index (Phi) is 5.71. The number of benzene rings is 1. The van der Waals surface area contributed by atoms with Gasteiger partial charge in [-0.3, -0.25) is 9.59 Å². The minimum atomic E-state index is -0.112. The second kappa shape index (κ2) is 7.97. The molecule has 2 amide bonds. The molecule has 130 valence electrons. The summed E-state index contributed by atoms with van der Waals surface area (Å²) in [6.45, 7) is 2.16. The molecule has 7 heteroatoms. The van der Waals surface area contributed by atoms with Gasteiger partial charge < -0.3 is 9.80 Å². The minimum Gasteiger partial charge on any atom is -0.337 e. The third-order valence-corrected chi connectivity index (χ3v) is 4.92. The van der Waals surface area contributed by atoms with Gasteiger partial charge in [-0.25, -0.2) is 4.98 Å². The standard InChI is InChI=1S/C18H17BrClN3O2/c19-13-6-7-16(21-12-13)18(25)23-9-3-8-22(10-11-23)17(24)14-4-1-2-5-15(14)20/h1-2,4-7,12H,3,8-11H2. The lowest BCUT2D eigenvalue weighted by atomic mass is 10.2. The summed E-state index contributed by atoms with van der Waals surface area (Å²) in [5.74, 6) is -0.207. The molecule has 1 aromatic heterocycles. The van der Waals surface area contributed by atoms with Crippen LogP contribution in [0.4, 0.5) is 0 Å². The number of hydrogen-bond acceptors (Lipinski definition) is 3. The van der Waals surface area contributed by atoms with Crippen LogP contribution in [0.3, 0.4) is 0 Å². The Hall–Kier alpha value is -1.92. The maximum Gasteiger partial charge on any atom is 0.272 e. The highest BCUT2D eigenvalue weighted by atomic mass is 79.9. The maximum atomic E-state index is 12.7. The number of aromatic nitrogens is 1. The Labute approximate surface area is 159 Å². The molecule has 0 unspecified atom stereocenters. The number of carbonyl (C=O) groups excluding carboxylic acids is 2. The zero-order valence-electron chi connectivity index (χ0n) is 13.5. The first-order valence-corrected chi connectivity index (χ1v) is 9.18. The van der Waals surface area contributed by atoms with E-state index in [-0.39, 0.29) is 11.8 Å². The van der Waals surface area contributed by atoms with Gasteiger partial charge in [-0.05, 0) is 46.6 Å². The predicted octanol–water partition coefficient (Wildman–Crippen LogP) is 3.49. The molecule has 0 spiro atoms. The zero-order valence-corrected chi connectivity index (χ0v) is 15.8. The molecule has 3 rings (SSSR count). The van der Waals surface area contributed by atoms with E-state index in [1.54, 1.807) is 52.4 Å². The van der Waals surface area contributed by atoms with E-state index in [0.717, 1.165) is 10.9 Å². The highest BCUT2D eigenvalue weighted by Crippen LogP contribution is 2.18. The first kappa shape index (κ1) is 17.9. The van der Waals surface area contributed by atoms with Crippen molar-refractivity contribution < 1.29 is 9.59 Å². The van der Waals surface area contributed by atoms with Gasteiger partial charge in [0.2, 0.25) is 0 Å². The van der Waals surface area contributed by atoms with Crippen molar-refractivity contribution in [3.8, 4) is 0 Å². The first-order valence-electron chi connectivity index (χ1n) is 8.01. The second-order valence-electron chi connectivity index (χ2n) is 5.78. The van der Waals surface area contributed by atoms with E-state index in [0.29, 0.717) is 42.5 Å². The van der Waals surface area contributed by atoms with Crippen LogP contribution in [-0.4, -0.2) is 52.8 Å². The first-order chi connectivity index (χ1) is 12.1. The van der Waals surface area contributed by atoms with Crippen LogP contribution in [0.2, 0.25) is 5.02 Å². The highest BCUT2D eigenvalue weighted by Gasteiger charge is 2.24. The summed E-state index contributed by atoms with van der Waals surface area (Å²) < 4.78 is 0.830. The number of nitrogens with zero attached hydrogens (tertiary/aromatic N) is 3. The lowest BCUT2D eigenvalue weighted by Crippen LogP contribution is -2.37. The van der Waals surface area contributed by atoms with Crippen LogP contribution in [0.1, 0.15) is 27.3 Å². The molecule has 0 N–H and O–H groups in total. The van der Waals surface area contributed by atoms with Crippen molar-refractivity contribution in [2.75, 3.05) is 26.2 Å².